The zero-order chi connectivity index (χ0) is 15.9. The maximum Gasteiger partial charge on any atom is 0.346 e. The first-order valence-electron chi connectivity index (χ1n) is 6.90. The van der Waals surface area contributed by atoms with Crippen molar-refractivity contribution in [1.82, 2.24) is 0 Å². The van der Waals surface area contributed by atoms with E-state index in [-0.39, 0.29) is 22.3 Å². The zero-order valence-electron chi connectivity index (χ0n) is 11.5. The van der Waals surface area contributed by atoms with Gasteiger partial charge >= 0.3 is 23.9 Å². The predicted octanol–water partition coefficient (Wildman–Crippen LogP) is 1.88. The molecule has 5 rings (SSSR count). The van der Waals surface area contributed by atoms with Gasteiger partial charge in [0.1, 0.15) is 0 Å². The van der Waals surface area contributed by atoms with Gasteiger partial charge in [-0.2, -0.15) is 0 Å². The molecule has 2 aromatic carbocycles. The minimum absolute atomic E-state index is 0.223. The van der Waals surface area contributed by atoms with Crippen LogP contribution in [0.1, 0.15) is 52.6 Å². The Morgan fingerprint density at radius 1 is 0.522 bits per heavy atom. The van der Waals surface area contributed by atoms with E-state index in [1.54, 1.807) is 24.3 Å². The van der Waals surface area contributed by atoms with Crippen LogP contribution in [0.2, 0.25) is 0 Å². The summed E-state index contributed by atoms with van der Waals surface area (Å²) < 4.78 is 9.21. The smallest absolute Gasteiger partial charge is 0.346 e. The van der Waals surface area contributed by atoms with E-state index in [0.29, 0.717) is 6.42 Å². The van der Waals surface area contributed by atoms with E-state index in [2.05, 4.69) is 9.47 Å². The van der Waals surface area contributed by atoms with E-state index in [1.165, 1.54) is 0 Å². The summed E-state index contributed by atoms with van der Waals surface area (Å²) in [6.07, 6.45) is 0.508. The molecule has 0 spiro atoms. The van der Waals surface area contributed by atoms with Gasteiger partial charge in [-0.05, 0) is 52.9 Å². The van der Waals surface area contributed by atoms with Gasteiger partial charge in [0.2, 0.25) is 0 Å². The van der Waals surface area contributed by atoms with Crippen molar-refractivity contribution in [3.8, 4) is 11.1 Å². The Hall–Kier alpha value is -3.28. The number of hydrogen-bond donors (Lipinski definition) is 0. The third kappa shape index (κ3) is 1.42. The van der Waals surface area contributed by atoms with Crippen molar-refractivity contribution in [1.29, 1.82) is 0 Å². The van der Waals surface area contributed by atoms with E-state index in [9.17, 15) is 19.2 Å². The molecule has 3 aliphatic rings. The SMILES string of the molecule is O=C1OC(=O)c2cc3c(cc21)Cc1cc2c(cc1-3)C(=O)OC2=O. The summed E-state index contributed by atoms with van der Waals surface area (Å²) in [7, 11) is 0. The second-order valence-corrected chi connectivity index (χ2v) is 5.64. The molecule has 0 N–H and O–H groups in total. The molecule has 0 fully saturated rings. The van der Waals surface area contributed by atoms with Crippen molar-refractivity contribution in [2.75, 3.05) is 0 Å². The van der Waals surface area contributed by atoms with Crippen LogP contribution in [-0.4, -0.2) is 23.9 Å². The molecule has 0 saturated carbocycles. The number of benzene rings is 2. The molecule has 0 aromatic heterocycles. The van der Waals surface area contributed by atoms with Gasteiger partial charge in [-0.1, -0.05) is 0 Å². The number of rotatable bonds is 0. The lowest BCUT2D eigenvalue weighted by Gasteiger charge is -2.03. The highest BCUT2D eigenvalue weighted by molar-refractivity contribution is 6.17. The number of hydrogen-bond acceptors (Lipinski definition) is 6. The summed E-state index contributed by atoms with van der Waals surface area (Å²) in [5.41, 5.74) is 4.20. The van der Waals surface area contributed by atoms with Gasteiger partial charge in [0.05, 0.1) is 22.3 Å². The standard InChI is InChI=1S/C17H6O6/c18-14-10-2-6-1-7-3-11-13(17(21)23-15(11)19)5-9(7)8(6)4-12(10)16(20)22-14/h2-5H,1H2. The minimum atomic E-state index is -0.669. The van der Waals surface area contributed by atoms with Gasteiger partial charge < -0.3 is 9.47 Å². The van der Waals surface area contributed by atoms with Gasteiger partial charge in [-0.25, -0.2) is 19.2 Å². The summed E-state index contributed by atoms with van der Waals surface area (Å²) in [4.78, 5) is 46.7. The summed E-state index contributed by atoms with van der Waals surface area (Å²) in [5.74, 6) is -2.64. The molecule has 23 heavy (non-hydrogen) atoms. The first kappa shape index (κ1) is 12.3. The van der Waals surface area contributed by atoms with Gasteiger partial charge in [-0.15, -0.1) is 0 Å². The van der Waals surface area contributed by atoms with Crippen LogP contribution in [0.25, 0.3) is 11.1 Å². The highest BCUT2D eigenvalue weighted by Crippen LogP contribution is 2.41. The molecule has 2 heterocycles. The van der Waals surface area contributed by atoms with E-state index < -0.39 is 23.9 Å². The van der Waals surface area contributed by atoms with Crippen LogP contribution in [0.4, 0.5) is 0 Å². The molecule has 1 aliphatic carbocycles. The highest BCUT2D eigenvalue weighted by atomic mass is 16.6. The highest BCUT2D eigenvalue weighted by Gasteiger charge is 2.36. The molecule has 0 bridgehead atoms. The Labute approximate surface area is 128 Å². The minimum Gasteiger partial charge on any atom is -0.386 e. The number of fused-ring (bicyclic) bond motifs is 5. The lowest BCUT2D eigenvalue weighted by Crippen LogP contribution is -1.97. The summed E-state index contributed by atoms with van der Waals surface area (Å²) in [6.45, 7) is 0. The summed E-state index contributed by atoms with van der Waals surface area (Å²) in [6, 6.07) is 6.50. The zero-order valence-corrected chi connectivity index (χ0v) is 11.5. The Kier molecular flexibility index (Phi) is 1.99. The van der Waals surface area contributed by atoms with Crippen LogP contribution < -0.4 is 0 Å². The second-order valence-electron chi connectivity index (χ2n) is 5.64. The Bertz CT molecular complexity index is 933. The third-order valence-electron chi connectivity index (χ3n) is 4.41. The lowest BCUT2D eigenvalue weighted by molar-refractivity contribution is 0.0425. The molecule has 6 heteroatoms. The average Bonchev–Trinajstić information content (AvgIpc) is 3.10. The normalized spacial score (nSPS) is 16.7. The average molecular weight is 306 g/mol. The molecule has 0 unspecified atom stereocenters. The first-order chi connectivity index (χ1) is 11.0. The third-order valence-corrected chi connectivity index (χ3v) is 4.41. The molecular formula is C17H6O6. The van der Waals surface area contributed by atoms with Crippen molar-refractivity contribution in [3.63, 3.8) is 0 Å². The summed E-state index contributed by atoms with van der Waals surface area (Å²) in [5, 5.41) is 0. The number of carbonyl (C=O) groups is 4. The first-order valence-corrected chi connectivity index (χ1v) is 6.90. The van der Waals surface area contributed by atoms with Crippen molar-refractivity contribution >= 4 is 23.9 Å². The van der Waals surface area contributed by atoms with Gasteiger partial charge in [0.15, 0.2) is 0 Å². The maximum absolute atomic E-state index is 11.7. The second kappa shape index (κ2) is 3.73. The van der Waals surface area contributed by atoms with Crippen molar-refractivity contribution in [2.24, 2.45) is 0 Å². The fraction of sp³-hybridized carbons (Fsp3) is 0.0588. The van der Waals surface area contributed by atoms with Gasteiger partial charge in [0, 0.05) is 0 Å². The van der Waals surface area contributed by atoms with E-state index in [4.69, 9.17) is 0 Å². The number of esters is 4. The monoisotopic (exact) mass is 306 g/mol. The van der Waals surface area contributed by atoms with Crippen LogP contribution >= 0.6 is 0 Å². The van der Waals surface area contributed by atoms with Crippen molar-refractivity contribution in [2.45, 2.75) is 6.42 Å². The van der Waals surface area contributed by atoms with Crippen LogP contribution in [-0.2, 0) is 15.9 Å². The largest absolute Gasteiger partial charge is 0.386 e. The lowest BCUT2D eigenvalue weighted by atomic mass is 9.97. The van der Waals surface area contributed by atoms with Crippen LogP contribution in [0.15, 0.2) is 24.3 Å². The van der Waals surface area contributed by atoms with Crippen LogP contribution in [0.5, 0.6) is 0 Å². The van der Waals surface area contributed by atoms with E-state index in [0.717, 1.165) is 22.3 Å². The van der Waals surface area contributed by atoms with Crippen molar-refractivity contribution < 1.29 is 28.7 Å². The fourth-order valence-corrected chi connectivity index (χ4v) is 3.35. The number of cyclic esters (lactones) is 4. The molecule has 6 nitrogen and oxygen atoms in total. The van der Waals surface area contributed by atoms with Crippen molar-refractivity contribution in [3.05, 3.63) is 57.6 Å². The molecule has 2 aliphatic heterocycles. The fourth-order valence-electron chi connectivity index (χ4n) is 3.35. The molecule has 0 saturated heterocycles. The number of carbonyl (C=O) groups excluding carboxylic acids is 4. The van der Waals surface area contributed by atoms with E-state index in [1.807, 2.05) is 0 Å². The molecule has 110 valence electrons. The Balaban J connectivity index is 1.76. The molecule has 2 aromatic rings. The molecule has 0 radical (unpaired) electrons. The molecule has 0 amide bonds. The van der Waals surface area contributed by atoms with Crippen LogP contribution in [0.3, 0.4) is 0 Å². The quantitative estimate of drug-likeness (QED) is 0.465. The van der Waals surface area contributed by atoms with Gasteiger partial charge in [0.25, 0.3) is 0 Å². The maximum atomic E-state index is 11.7. The molecule has 0 atom stereocenters. The summed E-state index contributed by atoms with van der Waals surface area (Å²) >= 11 is 0. The Morgan fingerprint density at radius 2 is 0.870 bits per heavy atom. The number of ether oxygens (including phenoxy) is 2. The van der Waals surface area contributed by atoms with Crippen LogP contribution in [0, 0.1) is 0 Å². The topological polar surface area (TPSA) is 86.7 Å². The molecular weight excluding hydrogens is 300 g/mol. The Morgan fingerprint density at radius 3 is 1.26 bits per heavy atom. The van der Waals surface area contributed by atoms with E-state index >= 15 is 0 Å². The van der Waals surface area contributed by atoms with Gasteiger partial charge in [-0.3, -0.25) is 0 Å². The predicted molar refractivity (Wildman–Crippen MR) is 74.2 cm³/mol.